The van der Waals surface area contributed by atoms with E-state index < -0.39 is 27.6 Å². The predicted octanol–water partition coefficient (Wildman–Crippen LogP) is 6.05. The molecule has 0 aromatic heterocycles. The summed E-state index contributed by atoms with van der Waals surface area (Å²) in [6, 6.07) is 20.2. The van der Waals surface area contributed by atoms with Crippen molar-refractivity contribution in [2.45, 2.75) is 17.4 Å². The first-order valence-electron chi connectivity index (χ1n) is 12.2. The topological polar surface area (TPSA) is 98.8 Å². The molecule has 40 heavy (non-hydrogen) atoms. The zero-order chi connectivity index (χ0) is 28.6. The van der Waals surface area contributed by atoms with Crippen molar-refractivity contribution in [3.05, 3.63) is 122 Å². The van der Waals surface area contributed by atoms with Crippen LogP contribution in [0.15, 0.2) is 83.8 Å². The normalized spacial score (nSPS) is 13.4. The van der Waals surface area contributed by atoms with Gasteiger partial charge < -0.3 is 9.47 Å². The highest BCUT2D eigenvalue weighted by Crippen LogP contribution is 2.47. The lowest BCUT2D eigenvalue weighted by Gasteiger charge is -2.27. The van der Waals surface area contributed by atoms with Crippen molar-refractivity contribution in [1.82, 2.24) is 4.72 Å². The number of fused-ring (bicyclic) bond motifs is 2. The van der Waals surface area contributed by atoms with Gasteiger partial charge in [0.05, 0.1) is 41.3 Å². The predicted molar refractivity (Wildman–Crippen MR) is 153 cm³/mol. The minimum absolute atomic E-state index is 0.00374. The number of nitrogens with one attached hydrogen (secondary N) is 1. The number of hydrogen-bond acceptors (Lipinski definition) is 6. The maximum atomic E-state index is 13.7. The third-order valence-electron chi connectivity index (χ3n) is 6.76. The summed E-state index contributed by atoms with van der Waals surface area (Å²) in [5, 5.41) is 0.345. The van der Waals surface area contributed by atoms with E-state index in [1.807, 2.05) is 0 Å². The molecular weight excluding hydrogens is 573 g/mol. The lowest BCUT2D eigenvalue weighted by molar-refractivity contribution is 0.0973. The highest BCUT2D eigenvalue weighted by atomic mass is 35.5. The van der Waals surface area contributed by atoms with E-state index in [0.717, 1.165) is 0 Å². The number of carbonyl (C=O) groups excluding carboxylic acids is 2. The zero-order valence-electron chi connectivity index (χ0n) is 21.4. The van der Waals surface area contributed by atoms with Crippen LogP contribution in [0.2, 0.25) is 10.0 Å². The van der Waals surface area contributed by atoms with Crippen molar-refractivity contribution >= 4 is 44.8 Å². The molecule has 1 aliphatic carbocycles. The molecule has 0 fully saturated rings. The van der Waals surface area contributed by atoms with Gasteiger partial charge in [-0.15, -0.1) is 0 Å². The van der Waals surface area contributed by atoms with Gasteiger partial charge in [-0.3, -0.25) is 9.59 Å². The molecule has 4 aromatic rings. The minimum atomic E-state index is -4.01. The number of benzene rings is 4. The van der Waals surface area contributed by atoms with Crippen LogP contribution in [-0.4, -0.2) is 34.2 Å². The number of methoxy groups -OCH3 is 2. The Morgan fingerprint density at radius 3 is 1.85 bits per heavy atom. The number of sulfonamides is 1. The maximum absolute atomic E-state index is 13.7. The number of rotatable bonds is 8. The van der Waals surface area contributed by atoms with Gasteiger partial charge in [-0.1, -0.05) is 83.9 Å². The van der Waals surface area contributed by atoms with E-state index in [1.165, 1.54) is 26.4 Å². The van der Waals surface area contributed by atoms with Gasteiger partial charge in [-0.05, 0) is 30.2 Å². The Morgan fingerprint density at radius 1 is 0.750 bits per heavy atom. The third-order valence-corrected chi connectivity index (χ3v) is 8.99. The number of ketones is 2. The lowest BCUT2D eigenvalue weighted by atomic mass is 9.81. The van der Waals surface area contributed by atoms with Crippen LogP contribution in [0.4, 0.5) is 0 Å². The van der Waals surface area contributed by atoms with Crippen LogP contribution in [0, 0.1) is 0 Å². The SMILES string of the molecule is COc1c(Cl)c(CC(NS(=O)(=O)c2ccccc2)c2ccccc2Cl)c(OC)c2c1C(=O)c1ccccc1C2=O. The van der Waals surface area contributed by atoms with Crippen LogP contribution in [0.1, 0.15) is 49.0 Å². The first-order chi connectivity index (χ1) is 19.2. The average Bonchev–Trinajstić information content (AvgIpc) is 2.96. The monoisotopic (exact) mass is 595 g/mol. The van der Waals surface area contributed by atoms with Crippen LogP contribution < -0.4 is 14.2 Å². The molecule has 204 valence electrons. The van der Waals surface area contributed by atoms with E-state index in [1.54, 1.807) is 66.7 Å². The largest absolute Gasteiger partial charge is 0.496 e. The molecule has 0 spiro atoms. The Kier molecular flexibility index (Phi) is 7.70. The number of carbonyl (C=O) groups is 2. The highest BCUT2D eigenvalue weighted by Gasteiger charge is 2.39. The van der Waals surface area contributed by atoms with Crippen molar-refractivity contribution in [2.75, 3.05) is 14.2 Å². The quantitative estimate of drug-likeness (QED) is 0.234. The van der Waals surface area contributed by atoms with Crippen molar-refractivity contribution in [3.63, 3.8) is 0 Å². The molecule has 1 atom stereocenters. The molecule has 5 rings (SSSR count). The fourth-order valence-electron chi connectivity index (χ4n) is 4.94. The van der Waals surface area contributed by atoms with E-state index in [9.17, 15) is 18.0 Å². The second-order valence-corrected chi connectivity index (χ2v) is 11.5. The van der Waals surface area contributed by atoms with Gasteiger partial charge in [0, 0.05) is 21.7 Å². The van der Waals surface area contributed by atoms with Crippen LogP contribution in [-0.2, 0) is 16.4 Å². The van der Waals surface area contributed by atoms with E-state index in [-0.39, 0.29) is 55.7 Å². The summed E-state index contributed by atoms with van der Waals surface area (Å²) in [4.78, 5) is 27.3. The molecule has 0 saturated carbocycles. The first kappa shape index (κ1) is 27.9. The molecule has 1 N–H and O–H groups in total. The molecule has 0 bridgehead atoms. The molecule has 4 aromatic carbocycles. The average molecular weight is 596 g/mol. The molecule has 0 radical (unpaired) electrons. The number of halogens is 2. The fraction of sp³-hybridized carbons (Fsp3) is 0.133. The van der Waals surface area contributed by atoms with E-state index in [0.29, 0.717) is 10.6 Å². The van der Waals surface area contributed by atoms with E-state index in [2.05, 4.69) is 4.72 Å². The summed E-state index contributed by atoms with van der Waals surface area (Å²) in [5.74, 6) is -0.799. The van der Waals surface area contributed by atoms with Crippen LogP contribution >= 0.6 is 23.2 Å². The first-order valence-corrected chi connectivity index (χ1v) is 14.4. The summed E-state index contributed by atoms with van der Waals surface area (Å²) in [6.07, 6.45) is -0.0788. The van der Waals surface area contributed by atoms with Crippen LogP contribution in [0.25, 0.3) is 0 Å². The summed E-state index contributed by atoms with van der Waals surface area (Å²) >= 11 is 13.4. The van der Waals surface area contributed by atoms with Gasteiger partial charge in [-0.25, -0.2) is 13.1 Å². The Balaban J connectivity index is 1.71. The second-order valence-electron chi connectivity index (χ2n) is 9.03. The van der Waals surface area contributed by atoms with Gasteiger partial charge in [0.25, 0.3) is 0 Å². The molecule has 1 aliphatic rings. The van der Waals surface area contributed by atoms with Gasteiger partial charge >= 0.3 is 0 Å². The molecule has 10 heteroatoms. The standard InChI is InChI=1S/C30H23Cl2NO6S/c1-38-29-21(26(32)30(39-2)25-24(29)27(34)18-12-6-7-13-19(18)28(25)35)16-23(20-14-8-9-15-22(20)31)33-40(36,37)17-10-4-3-5-11-17/h3-15,23,33H,16H2,1-2H3. The molecule has 0 heterocycles. The minimum Gasteiger partial charge on any atom is -0.496 e. The molecule has 7 nitrogen and oxygen atoms in total. The van der Waals surface area contributed by atoms with E-state index in [4.69, 9.17) is 32.7 Å². The number of hydrogen-bond donors (Lipinski definition) is 1. The van der Waals surface area contributed by atoms with Crippen molar-refractivity contribution in [1.29, 1.82) is 0 Å². The Hall–Kier alpha value is -3.69. The fourth-order valence-corrected chi connectivity index (χ4v) is 6.78. The van der Waals surface area contributed by atoms with Crippen molar-refractivity contribution in [3.8, 4) is 11.5 Å². The van der Waals surface area contributed by atoms with Crippen LogP contribution in [0.3, 0.4) is 0 Å². The Morgan fingerprint density at radius 2 is 1.27 bits per heavy atom. The summed E-state index contributed by atoms with van der Waals surface area (Å²) in [6.45, 7) is 0. The van der Waals surface area contributed by atoms with E-state index >= 15 is 0 Å². The van der Waals surface area contributed by atoms with Gasteiger partial charge in [0.15, 0.2) is 11.6 Å². The lowest BCUT2D eigenvalue weighted by Crippen LogP contribution is -2.31. The van der Waals surface area contributed by atoms with Gasteiger partial charge in [-0.2, -0.15) is 0 Å². The zero-order valence-corrected chi connectivity index (χ0v) is 23.7. The Labute approximate surface area is 241 Å². The Bertz CT molecular complexity index is 1760. The summed E-state index contributed by atoms with van der Waals surface area (Å²) in [5.41, 5.74) is 1.21. The third kappa shape index (κ3) is 4.77. The summed E-state index contributed by atoms with van der Waals surface area (Å²) < 4.78 is 40.8. The smallest absolute Gasteiger partial charge is 0.241 e. The van der Waals surface area contributed by atoms with Gasteiger partial charge in [0.2, 0.25) is 10.0 Å². The summed E-state index contributed by atoms with van der Waals surface area (Å²) in [7, 11) is -1.31. The van der Waals surface area contributed by atoms with Crippen molar-refractivity contribution in [2.24, 2.45) is 0 Å². The van der Waals surface area contributed by atoms with Gasteiger partial charge in [0.1, 0.15) is 11.5 Å². The highest BCUT2D eigenvalue weighted by molar-refractivity contribution is 7.89. The van der Waals surface area contributed by atoms with Crippen LogP contribution in [0.5, 0.6) is 11.5 Å². The molecular formula is C30H23Cl2NO6S. The molecule has 0 amide bonds. The molecule has 0 aliphatic heterocycles. The maximum Gasteiger partial charge on any atom is 0.241 e. The molecule has 0 saturated heterocycles. The number of ether oxygens (including phenoxy) is 2. The van der Waals surface area contributed by atoms with Crippen molar-refractivity contribution < 1.29 is 27.5 Å². The second kappa shape index (κ2) is 11.1. The molecule has 1 unspecified atom stereocenters.